The van der Waals surface area contributed by atoms with Gasteiger partial charge in [0.05, 0.1) is 18.5 Å². The summed E-state index contributed by atoms with van der Waals surface area (Å²) in [7, 11) is 1.63. The van der Waals surface area contributed by atoms with Crippen LogP contribution in [0.15, 0.2) is 79.1 Å². The number of carbonyl (C=O) groups excluding carboxylic acids is 1. The Morgan fingerprint density at radius 1 is 1.00 bits per heavy atom. The van der Waals surface area contributed by atoms with E-state index >= 15 is 0 Å². The van der Waals surface area contributed by atoms with Crippen molar-refractivity contribution in [1.29, 1.82) is 0 Å². The molecule has 0 saturated heterocycles. The molecule has 0 spiro atoms. The van der Waals surface area contributed by atoms with E-state index < -0.39 is 0 Å². The summed E-state index contributed by atoms with van der Waals surface area (Å²) in [6.45, 7) is 2.28. The van der Waals surface area contributed by atoms with Crippen molar-refractivity contribution in [1.82, 2.24) is 19.7 Å². The summed E-state index contributed by atoms with van der Waals surface area (Å²) in [5.41, 5.74) is 3.12. The molecule has 2 aromatic carbocycles. The number of hydrogen-bond donors (Lipinski definition) is 1. The highest BCUT2D eigenvalue weighted by molar-refractivity contribution is 5.98. The normalized spacial score (nSPS) is 10.7. The maximum Gasteiger partial charge on any atom is 0.257 e. The zero-order valence-corrected chi connectivity index (χ0v) is 16.4. The van der Waals surface area contributed by atoms with Gasteiger partial charge in [0.25, 0.3) is 5.91 Å². The summed E-state index contributed by atoms with van der Waals surface area (Å²) >= 11 is 0. The van der Waals surface area contributed by atoms with Crippen molar-refractivity contribution >= 4 is 5.91 Å². The van der Waals surface area contributed by atoms with E-state index in [1.807, 2.05) is 90.6 Å². The van der Waals surface area contributed by atoms with Gasteiger partial charge in [0.2, 0.25) is 0 Å². The van der Waals surface area contributed by atoms with Gasteiger partial charge in [-0.3, -0.25) is 4.79 Å². The van der Waals surface area contributed by atoms with E-state index in [-0.39, 0.29) is 5.91 Å². The number of aromatic nitrogens is 3. The van der Waals surface area contributed by atoms with Crippen LogP contribution in [0.2, 0.25) is 0 Å². The van der Waals surface area contributed by atoms with Crippen LogP contribution in [0, 0.1) is 6.92 Å². The maximum absolute atomic E-state index is 13.1. The summed E-state index contributed by atoms with van der Waals surface area (Å²) in [4.78, 5) is 13.1. The van der Waals surface area contributed by atoms with Crippen molar-refractivity contribution in [2.75, 3.05) is 7.11 Å². The lowest BCUT2D eigenvalue weighted by atomic mass is 10.2. The van der Waals surface area contributed by atoms with Gasteiger partial charge in [-0.05, 0) is 48.9 Å². The number of rotatable bonds is 6. The average molecular weight is 386 g/mol. The van der Waals surface area contributed by atoms with Crippen LogP contribution >= 0.6 is 0 Å². The van der Waals surface area contributed by atoms with Gasteiger partial charge in [0, 0.05) is 18.9 Å². The second kappa shape index (κ2) is 8.06. The predicted molar refractivity (Wildman–Crippen MR) is 112 cm³/mol. The Bertz CT molecular complexity index is 1100. The average Bonchev–Trinajstić information content (AvgIpc) is 3.40. The zero-order chi connectivity index (χ0) is 20.2. The molecule has 6 nitrogen and oxygen atoms in total. The van der Waals surface area contributed by atoms with Gasteiger partial charge >= 0.3 is 0 Å². The zero-order valence-electron chi connectivity index (χ0n) is 16.4. The van der Waals surface area contributed by atoms with Gasteiger partial charge in [-0.15, -0.1) is 0 Å². The third kappa shape index (κ3) is 3.78. The van der Waals surface area contributed by atoms with E-state index in [4.69, 9.17) is 4.74 Å². The summed E-state index contributed by atoms with van der Waals surface area (Å²) < 4.78 is 8.90. The van der Waals surface area contributed by atoms with Crippen LogP contribution in [0.4, 0.5) is 0 Å². The molecule has 0 unspecified atom stereocenters. The van der Waals surface area contributed by atoms with E-state index in [0.29, 0.717) is 23.6 Å². The van der Waals surface area contributed by atoms with Crippen molar-refractivity contribution in [3.63, 3.8) is 0 Å². The Kier molecular flexibility index (Phi) is 5.16. The minimum absolute atomic E-state index is 0.163. The molecule has 29 heavy (non-hydrogen) atoms. The van der Waals surface area contributed by atoms with Crippen molar-refractivity contribution in [2.45, 2.75) is 13.5 Å². The molecule has 0 atom stereocenters. The van der Waals surface area contributed by atoms with E-state index in [2.05, 4.69) is 10.4 Å². The first kappa shape index (κ1) is 18.6. The van der Waals surface area contributed by atoms with Crippen LogP contribution in [-0.2, 0) is 6.54 Å². The van der Waals surface area contributed by atoms with E-state index in [9.17, 15) is 4.79 Å². The standard InChI is InChI=1S/C23H22N4O2/c1-17-21(22(28)24-16-18-10-12-20(29-2)13-11-18)23(26-14-6-7-15-26)27(25-17)19-8-4-3-5-9-19/h3-15H,16H2,1-2H3,(H,24,28). The first-order valence-electron chi connectivity index (χ1n) is 9.37. The highest BCUT2D eigenvalue weighted by Crippen LogP contribution is 2.23. The summed E-state index contributed by atoms with van der Waals surface area (Å²) in [5, 5.41) is 7.67. The Labute approximate surface area is 169 Å². The molecule has 0 aliphatic heterocycles. The van der Waals surface area contributed by atoms with Gasteiger partial charge in [-0.25, -0.2) is 4.68 Å². The third-order valence-electron chi connectivity index (χ3n) is 4.72. The Morgan fingerprint density at radius 2 is 1.69 bits per heavy atom. The smallest absolute Gasteiger partial charge is 0.257 e. The molecular weight excluding hydrogens is 364 g/mol. The molecule has 1 amide bonds. The van der Waals surface area contributed by atoms with Crippen LogP contribution in [-0.4, -0.2) is 27.4 Å². The second-order valence-corrected chi connectivity index (χ2v) is 6.65. The molecule has 0 saturated carbocycles. The predicted octanol–water partition coefficient (Wildman–Crippen LogP) is 3.91. The van der Waals surface area contributed by atoms with E-state index in [1.165, 1.54) is 0 Å². The molecular formula is C23H22N4O2. The number of nitrogens with zero attached hydrogens (tertiary/aromatic N) is 3. The summed E-state index contributed by atoms with van der Waals surface area (Å²) in [6.07, 6.45) is 3.83. The van der Waals surface area contributed by atoms with Crippen molar-refractivity contribution in [3.8, 4) is 17.3 Å². The molecule has 0 radical (unpaired) electrons. The largest absolute Gasteiger partial charge is 0.497 e. The molecule has 0 bridgehead atoms. The molecule has 0 aliphatic carbocycles. The quantitative estimate of drug-likeness (QED) is 0.547. The fraction of sp³-hybridized carbons (Fsp3) is 0.130. The number of amides is 1. The first-order chi connectivity index (χ1) is 14.2. The Hall–Kier alpha value is -3.80. The third-order valence-corrected chi connectivity index (χ3v) is 4.72. The van der Waals surface area contributed by atoms with Crippen molar-refractivity contribution in [3.05, 3.63) is 95.9 Å². The highest BCUT2D eigenvalue weighted by Gasteiger charge is 2.23. The SMILES string of the molecule is COc1ccc(CNC(=O)c2c(C)nn(-c3ccccc3)c2-n2cccc2)cc1. The lowest BCUT2D eigenvalue weighted by Crippen LogP contribution is -2.24. The number of benzene rings is 2. The number of para-hydroxylation sites is 1. The molecule has 4 rings (SSSR count). The molecule has 0 fully saturated rings. The van der Waals surface area contributed by atoms with Gasteiger partial charge in [0.1, 0.15) is 11.3 Å². The minimum atomic E-state index is -0.163. The molecule has 0 aliphatic rings. The van der Waals surface area contributed by atoms with Gasteiger partial charge in [0.15, 0.2) is 5.82 Å². The summed E-state index contributed by atoms with van der Waals surface area (Å²) in [5.74, 6) is 1.34. The number of ether oxygens (including phenoxy) is 1. The maximum atomic E-state index is 13.1. The van der Waals surface area contributed by atoms with Crippen LogP contribution < -0.4 is 10.1 Å². The molecule has 4 aromatic rings. The van der Waals surface area contributed by atoms with Crippen LogP contribution in [0.1, 0.15) is 21.6 Å². The number of hydrogen-bond acceptors (Lipinski definition) is 3. The van der Waals surface area contributed by atoms with Crippen LogP contribution in [0.5, 0.6) is 5.75 Å². The fourth-order valence-corrected chi connectivity index (χ4v) is 3.26. The lowest BCUT2D eigenvalue weighted by molar-refractivity contribution is 0.0950. The monoisotopic (exact) mass is 386 g/mol. The molecule has 146 valence electrons. The second-order valence-electron chi connectivity index (χ2n) is 6.65. The summed E-state index contributed by atoms with van der Waals surface area (Å²) in [6, 6.07) is 21.3. The molecule has 1 N–H and O–H groups in total. The minimum Gasteiger partial charge on any atom is -0.497 e. The Morgan fingerprint density at radius 3 is 2.34 bits per heavy atom. The van der Waals surface area contributed by atoms with Crippen molar-refractivity contribution < 1.29 is 9.53 Å². The van der Waals surface area contributed by atoms with E-state index in [0.717, 1.165) is 17.0 Å². The number of methoxy groups -OCH3 is 1. The van der Waals surface area contributed by atoms with E-state index in [1.54, 1.807) is 11.8 Å². The Balaban J connectivity index is 1.67. The fourth-order valence-electron chi connectivity index (χ4n) is 3.26. The molecule has 2 heterocycles. The van der Waals surface area contributed by atoms with Crippen molar-refractivity contribution in [2.24, 2.45) is 0 Å². The molecule has 2 aromatic heterocycles. The number of carbonyl (C=O) groups is 1. The van der Waals surface area contributed by atoms with Gasteiger partial charge in [-0.1, -0.05) is 30.3 Å². The van der Waals surface area contributed by atoms with Crippen LogP contribution in [0.3, 0.4) is 0 Å². The molecule has 6 heteroatoms. The highest BCUT2D eigenvalue weighted by atomic mass is 16.5. The topological polar surface area (TPSA) is 61.1 Å². The van der Waals surface area contributed by atoms with Gasteiger partial charge < -0.3 is 14.6 Å². The first-order valence-corrected chi connectivity index (χ1v) is 9.37. The lowest BCUT2D eigenvalue weighted by Gasteiger charge is -2.11. The van der Waals surface area contributed by atoms with Gasteiger partial charge in [-0.2, -0.15) is 5.10 Å². The number of aryl methyl sites for hydroxylation is 1. The number of nitrogens with one attached hydrogen (secondary N) is 1. The van der Waals surface area contributed by atoms with Crippen LogP contribution in [0.25, 0.3) is 11.5 Å².